The van der Waals surface area contributed by atoms with E-state index in [1.807, 2.05) is 92.7 Å². The predicted molar refractivity (Wildman–Crippen MR) is 181 cm³/mol. The lowest BCUT2D eigenvalue weighted by atomic mass is 9.98. The van der Waals surface area contributed by atoms with Crippen molar-refractivity contribution in [2.24, 2.45) is 0 Å². The zero-order valence-corrected chi connectivity index (χ0v) is 26.7. The van der Waals surface area contributed by atoms with Crippen molar-refractivity contribution in [1.82, 2.24) is 0 Å². The Balaban J connectivity index is 1.50. The van der Waals surface area contributed by atoms with Gasteiger partial charge in [0.25, 0.3) is 15.9 Å². The van der Waals surface area contributed by atoms with Crippen LogP contribution in [0.25, 0.3) is 0 Å². The van der Waals surface area contributed by atoms with Crippen LogP contribution < -0.4 is 24.0 Å². The van der Waals surface area contributed by atoms with Gasteiger partial charge >= 0.3 is 0 Å². The second-order valence-corrected chi connectivity index (χ2v) is 12.7. The molecular formula is C37H35N3O5S. The van der Waals surface area contributed by atoms with Crippen LogP contribution in [-0.4, -0.2) is 28.0 Å². The van der Waals surface area contributed by atoms with E-state index in [-0.39, 0.29) is 16.4 Å². The number of nitrogens with zero attached hydrogens (tertiary/aromatic N) is 2. The standard InChI is InChI=1S/C37H35N3O5S/c1-4-45-30-20-16-28(17-21-30)38-46(42,43)31-22-23-34-33(24-31)37(41)40(29-18-14-26(2)15-19-29)36(32-12-8-9-13-35(32)44-3)39(34)25-27-10-6-5-7-11-27/h5-24,36,38H,4,25H2,1-3H3/t36-/m0/s1. The predicted octanol–water partition coefficient (Wildman–Crippen LogP) is 7.57. The van der Waals surface area contributed by atoms with Crippen molar-refractivity contribution in [2.45, 2.75) is 31.5 Å². The summed E-state index contributed by atoms with van der Waals surface area (Å²) >= 11 is 0. The highest BCUT2D eigenvalue weighted by atomic mass is 32.2. The Morgan fingerprint density at radius 2 is 1.52 bits per heavy atom. The maximum atomic E-state index is 14.6. The number of sulfonamides is 1. The highest BCUT2D eigenvalue weighted by Gasteiger charge is 2.41. The Morgan fingerprint density at radius 1 is 0.826 bits per heavy atom. The van der Waals surface area contributed by atoms with Crippen molar-refractivity contribution < 1.29 is 22.7 Å². The smallest absolute Gasteiger partial charge is 0.262 e. The number of carbonyl (C=O) groups is 1. The van der Waals surface area contributed by atoms with Gasteiger partial charge in [-0.15, -0.1) is 0 Å². The summed E-state index contributed by atoms with van der Waals surface area (Å²) in [7, 11) is -2.42. The Hall–Kier alpha value is -5.28. The summed E-state index contributed by atoms with van der Waals surface area (Å²) in [5, 5.41) is 0. The van der Waals surface area contributed by atoms with Crippen molar-refractivity contribution in [1.29, 1.82) is 0 Å². The monoisotopic (exact) mass is 633 g/mol. The lowest BCUT2D eigenvalue weighted by Crippen LogP contribution is -2.49. The summed E-state index contributed by atoms with van der Waals surface area (Å²) in [6, 6.07) is 36.8. The lowest BCUT2D eigenvalue weighted by molar-refractivity contribution is 0.0967. The van der Waals surface area contributed by atoms with E-state index in [1.165, 1.54) is 6.07 Å². The second kappa shape index (κ2) is 13.0. The van der Waals surface area contributed by atoms with Crippen molar-refractivity contribution in [3.63, 3.8) is 0 Å². The van der Waals surface area contributed by atoms with Gasteiger partial charge in [0.15, 0.2) is 0 Å². The molecule has 0 spiro atoms. The number of carbonyl (C=O) groups excluding carboxylic acids is 1. The first-order valence-corrected chi connectivity index (χ1v) is 16.5. The summed E-state index contributed by atoms with van der Waals surface area (Å²) in [5.41, 5.74) is 4.84. The Morgan fingerprint density at radius 3 is 2.22 bits per heavy atom. The summed E-state index contributed by atoms with van der Waals surface area (Å²) in [6.45, 7) is 4.83. The van der Waals surface area contributed by atoms with E-state index in [0.29, 0.717) is 41.7 Å². The topological polar surface area (TPSA) is 88.2 Å². The van der Waals surface area contributed by atoms with Gasteiger partial charge in [-0.25, -0.2) is 8.42 Å². The highest BCUT2D eigenvalue weighted by Crippen LogP contribution is 2.45. The Kier molecular flexibility index (Phi) is 8.68. The number of rotatable bonds is 10. The average Bonchev–Trinajstić information content (AvgIpc) is 3.07. The summed E-state index contributed by atoms with van der Waals surface area (Å²) in [4.78, 5) is 18.5. The number of nitrogens with one attached hydrogen (secondary N) is 1. The molecule has 0 radical (unpaired) electrons. The molecule has 46 heavy (non-hydrogen) atoms. The molecule has 1 aliphatic heterocycles. The normalized spacial score (nSPS) is 14.5. The van der Waals surface area contributed by atoms with Crippen LogP contribution in [0.4, 0.5) is 17.1 Å². The van der Waals surface area contributed by atoms with Crippen LogP contribution in [0.2, 0.25) is 0 Å². The quantitative estimate of drug-likeness (QED) is 0.171. The number of anilines is 3. The SMILES string of the molecule is CCOc1ccc(NS(=O)(=O)c2ccc3c(c2)C(=O)N(c2ccc(C)cc2)[C@@H](c2ccccc2OC)N3Cc2ccccc2)cc1. The van der Waals surface area contributed by atoms with Crippen LogP contribution in [0.15, 0.2) is 126 Å². The second-order valence-electron chi connectivity index (χ2n) is 11.0. The summed E-state index contributed by atoms with van der Waals surface area (Å²) < 4.78 is 41.2. The van der Waals surface area contributed by atoms with E-state index in [4.69, 9.17) is 9.47 Å². The molecule has 0 saturated carbocycles. The first-order chi connectivity index (χ1) is 22.3. The van der Waals surface area contributed by atoms with Gasteiger partial charge in [0, 0.05) is 23.5 Å². The van der Waals surface area contributed by atoms with Gasteiger partial charge in [0.2, 0.25) is 0 Å². The van der Waals surface area contributed by atoms with Crippen LogP contribution >= 0.6 is 0 Å². The molecule has 5 aromatic carbocycles. The molecule has 5 aromatic rings. The van der Waals surface area contributed by atoms with Gasteiger partial charge in [-0.3, -0.25) is 14.4 Å². The number of amides is 1. The first kappa shape index (κ1) is 30.7. The van der Waals surface area contributed by atoms with Crippen molar-refractivity contribution in [2.75, 3.05) is 28.2 Å². The minimum atomic E-state index is -4.04. The third-order valence-corrected chi connectivity index (χ3v) is 9.30. The Bertz CT molecular complexity index is 1950. The maximum absolute atomic E-state index is 14.6. The number of methoxy groups -OCH3 is 1. The molecule has 1 atom stereocenters. The van der Waals surface area contributed by atoms with Gasteiger partial charge in [-0.1, -0.05) is 66.2 Å². The molecule has 0 unspecified atom stereocenters. The molecule has 1 N–H and O–H groups in total. The van der Waals surface area contributed by atoms with Crippen LogP contribution in [0.5, 0.6) is 11.5 Å². The molecule has 0 bridgehead atoms. The third-order valence-electron chi connectivity index (χ3n) is 7.92. The van der Waals surface area contributed by atoms with Crippen molar-refractivity contribution >= 4 is 33.0 Å². The molecule has 0 aromatic heterocycles. The maximum Gasteiger partial charge on any atom is 0.262 e. The fraction of sp³-hybridized carbons (Fsp3) is 0.162. The third kappa shape index (κ3) is 6.14. The molecule has 6 rings (SSSR count). The lowest BCUT2D eigenvalue weighted by Gasteiger charge is -2.46. The average molecular weight is 634 g/mol. The van der Waals surface area contributed by atoms with E-state index in [9.17, 15) is 13.2 Å². The van der Waals surface area contributed by atoms with E-state index in [1.54, 1.807) is 48.4 Å². The molecule has 1 amide bonds. The largest absolute Gasteiger partial charge is 0.496 e. The molecule has 9 heteroatoms. The van der Waals surface area contributed by atoms with Crippen LogP contribution in [0, 0.1) is 6.92 Å². The van der Waals surface area contributed by atoms with Gasteiger partial charge in [0.05, 0.1) is 29.9 Å². The van der Waals surface area contributed by atoms with Crippen LogP contribution in [-0.2, 0) is 16.6 Å². The number of hydrogen-bond donors (Lipinski definition) is 1. The van der Waals surface area contributed by atoms with E-state index in [0.717, 1.165) is 16.7 Å². The van der Waals surface area contributed by atoms with Gasteiger partial charge in [0.1, 0.15) is 17.7 Å². The zero-order chi connectivity index (χ0) is 32.3. The molecular weight excluding hydrogens is 598 g/mol. The molecule has 234 valence electrons. The highest BCUT2D eigenvalue weighted by molar-refractivity contribution is 7.92. The van der Waals surface area contributed by atoms with Crippen molar-refractivity contribution in [3.05, 3.63) is 144 Å². The number of aryl methyl sites for hydroxylation is 1. The minimum absolute atomic E-state index is 0.0206. The number of hydrogen-bond acceptors (Lipinski definition) is 6. The van der Waals surface area contributed by atoms with Gasteiger partial charge < -0.3 is 14.4 Å². The Labute approximate surface area is 269 Å². The first-order valence-electron chi connectivity index (χ1n) is 15.0. The molecule has 0 saturated heterocycles. The molecule has 0 fully saturated rings. The number of ether oxygens (including phenoxy) is 2. The van der Waals surface area contributed by atoms with Crippen molar-refractivity contribution in [3.8, 4) is 11.5 Å². The van der Waals surface area contributed by atoms with E-state index in [2.05, 4.69) is 9.62 Å². The fourth-order valence-corrected chi connectivity index (χ4v) is 6.80. The number of benzene rings is 5. The molecule has 0 aliphatic carbocycles. The summed E-state index contributed by atoms with van der Waals surface area (Å²) in [6.07, 6.45) is -0.594. The minimum Gasteiger partial charge on any atom is -0.496 e. The summed E-state index contributed by atoms with van der Waals surface area (Å²) in [5.74, 6) is 0.957. The molecule has 1 aliphatic rings. The number of fused-ring (bicyclic) bond motifs is 1. The number of para-hydroxylation sites is 1. The van der Waals surface area contributed by atoms with Gasteiger partial charge in [-0.2, -0.15) is 0 Å². The van der Waals surface area contributed by atoms with Crippen LogP contribution in [0.3, 0.4) is 0 Å². The zero-order valence-electron chi connectivity index (χ0n) is 25.9. The van der Waals surface area contributed by atoms with Crippen LogP contribution in [0.1, 0.15) is 40.1 Å². The van der Waals surface area contributed by atoms with E-state index < -0.39 is 16.2 Å². The van der Waals surface area contributed by atoms with Gasteiger partial charge in [-0.05, 0) is 80.1 Å². The molecule has 1 heterocycles. The fourth-order valence-electron chi connectivity index (χ4n) is 5.72. The van der Waals surface area contributed by atoms with E-state index >= 15 is 0 Å². The molecule has 8 nitrogen and oxygen atoms in total.